The summed E-state index contributed by atoms with van der Waals surface area (Å²) < 4.78 is 0. The van der Waals surface area contributed by atoms with Crippen LogP contribution in [0.4, 0.5) is 5.82 Å². The molecule has 1 atom stereocenters. The number of aromatic nitrogens is 1. The fourth-order valence-electron chi connectivity index (χ4n) is 3.67. The first-order chi connectivity index (χ1) is 11.2. The van der Waals surface area contributed by atoms with E-state index in [0.717, 1.165) is 57.2 Å². The summed E-state index contributed by atoms with van der Waals surface area (Å²) in [5.74, 6) is 1.13. The van der Waals surface area contributed by atoms with Crippen molar-refractivity contribution in [3.05, 3.63) is 23.4 Å². The molecule has 0 saturated carbocycles. The van der Waals surface area contributed by atoms with Crippen molar-refractivity contribution in [3.8, 4) is 0 Å². The van der Waals surface area contributed by atoms with Crippen LogP contribution in [0.15, 0.2) is 12.1 Å². The molecule has 1 fully saturated rings. The molecule has 2 aliphatic heterocycles. The third kappa shape index (κ3) is 4.67. The van der Waals surface area contributed by atoms with Gasteiger partial charge in [0, 0.05) is 25.2 Å². The summed E-state index contributed by atoms with van der Waals surface area (Å²) in [5, 5.41) is 12.1. The van der Waals surface area contributed by atoms with E-state index in [1.54, 1.807) is 0 Å². The second-order valence-corrected chi connectivity index (χ2v) is 6.83. The predicted molar refractivity (Wildman–Crippen MR) is 90.8 cm³/mol. The number of aryl methyl sites for hydroxylation is 2. The van der Waals surface area contributed by atoms with Gasteiger partial charge in [-0.1, -0.05) is 6.07 Å². The van der Waals surface area contributed by atoms with Crippen molar-refractivity contribution >= 4 is 11.8 Å². The molecule has 3 heterocycles. The highest BCUT2D eigenvalue weighted by molar-refractivity contribution is 5.66. The monoisotopic (exact) mass is 317 g/mol. The van der Waals surface area contributed by atoms with Crippen molar-refractivity contribution in [2.45, 2.75) is 44.9 Å². The van der Waals surface area contributed by atoms with Crippen LogP contribution < -0.4 is 5.32 Å². The highest BCUT2D eigenvalue weighted by Crippen LogP contribution is 2.24. The fraction of sp³-hybridized carbons (Fsp3) is 0.667. The number of anilines is 1. The van der Waals surface area contributed by atoms with Gasteiger partial charge in [0.1, 0.15) is 5.82 Å². The van der Waals surface area contributed by atoms with Crippen molar-refractivity contribution in [1.82, 2.24) is 9.88 Å². The summed E-state index contributed by atoms with van der Waals surface area (Å²) in [6.07, 6.45) is 6.85. The van der Waals surface area contributed by atoms with Crippen LogP contribution in [0.2, 0.25) is 0 Å². The second-order valence-electron chi connectivity index (χ2n) is 6.83. The normalized spacial score (nSPS) is 21.0. The second kappa shape index (κ2) is 7.77. The van der Waals surface area contributed by atoms with E-state index >= 15 is 0 Å². The van der Waals surface area contributed by atoms with Crippen LogP contribution in [-0.4, -0.2) is 47.1 Å². The molecule has 1 aromatic heterocycles. The lowest BCUT2D eigenvalue weighted by Gasteiger charge is -2.18. The van der Waals surface area contributed by atoms with E-state index in [9.17, 15) is 4.79 Å². The summed E-state index contributed by atoms with van der Waals surface area (Å²) in [5.41, 5.74) is 2.55. The zero-order chi connectivity index (χ0) is 16.1. The van der Waals surface area contributed by atoms with Gasteiger partial charge in [-0.2, -0.15) is 0 Å². The average molecular weight is 317 g/mol. The molecule has 0 aromatic carbocycles. The van der Waals surface area contributed by atoms with E-state index in [-0.39, 0.29) is 6.42 Å². The molecule has 23 heavy (non-hydrogen) atoms. The maximum atomic E-state index is 10.6. The van der Waals surface area contributed by atoms with Gasteiger partial charge < -0.3 is 15.3 Å². The maximum absolute atomic E-state index is 10.6. The molecule has 2 aliphatic rings. The number of likely N-dealkylation sites (tertiary alicyclic amines) is 1. The summed E-state index contributed by atoms with van der Waals surface area (Å²) in [7, 11) is 0. The summed E-state index contributed by atoms with van der Waals surface area (Å²) in [4.78, 5) is 17.8. The van der Waals surface area contributed by atoms with Gasteiger partial charge in [0.25, 0.3) is 0 Å². The van der Waals surface area contributed by atoms with E-state index in [4.69, 9.17) is 10.1 Å². The van der Waals surface area contributed by atoms with Gasteiger partial charge >= 0.3 is 5.97 Å². The van der Waals surface area contributed by atoms with Crippen molar-refractivity contribution in [2.75, 3.05) is 31.5 Å². The zero-order valence-corrected chi connectivity index (χ0v) is 13.8. The number of hydrogen-bond acceptors (Lipinski definition) is 4. The Morgan fingerprint density at radius 1 is 1.43 bits per heavy atom. The Kier molecular flexibility index (Phi) is 5.49. The smallest absolute Gasteiger partial charge is 0.303 e. The molecular weight excluding hydrogens is 290 g/mol. The lowest BCUT2D eigenvalue weighted by Crippen LogP contribution is -2.22. The summed E-state index contributed by atoms with van der Waals surface area (Å²) in [6, 6.07) is 4.42. The lowest BCUT2D eigenvalue weighted by atomic mass is 10.00. The quantitative estimate of drug-likeness (QED) is 0.809. The van der Waals surface area contributed by atoms with E-state index in [1.165, 1.54) is 30.5 Å². The Morgan fingerprint density at radius 2 is 2.35 bits per heavy atom. The van der Waals surface area contributed by atoms with E-state index < -0.39 is 5.97 Å². The van der Waals surface area contributed by atoms with Gasteiger partial charge in [-0.3, -0.25) is 4.79 Å². The number of hydrogen-bond donors (Lipinski definition) is 2. The predicted octanol–water partition coefficient (Wildman–Crippen LogP) is 2.56. The standard InChI is InChI=1S/C18H27N3O2/c22-17(23)4-2-11-21-12-9-14(13-21)5-7-16-8-6-15-3-1-10-19-18(15)20-16/h6,8,14H,1-5,7,9-13H2,(H,19,20)(H,22,23). The first-order valence-corrected chi connectivity index (χ1v) is 8.87. The van der Waals surface area contributed by atoms with Gasteiger partial charge in [0.15, 0.2) is 0 Å². The minimum atomic E-state index is -0.687. The number of pyridine rings is 1. The van der Waals surface area contributed by atoms with Crippen LogP contribution in [0, 0.1) is 5.92 Å². The first-order valence-electron chi connectivity index (χ1n) is 8.87. The molecule has 2 N–H and O–H groups in total. The Bertz CT molecular complexity index is 547. The number of aliphatic carboxylic acids is 1. The topological polar surface area (TPSA) is 65.5 Å². The van der Waals surface area contributed by atoms with Gasteiger partial charge in [0.2, 0.25) is 0 Å². The molecule has 1 aromatic rings. The van der Waals surface area contributed by atoms with Crippen molar-refractivity contribution in [3.63, 3.8) is 0 Å². The first kappa shape index (κ1) is 16.2. The Morgan fingerprint density at radius 3 is 3.22 bits per heavy atom. The average Bonchev–Trinajstić information content (AvgIpc) is 3.00. The van der Waals surface area contributed by atoms with E-state index in [1.807, 2.05) is 0 Å². The molecule has 0 bridgehead atoms. The molecule has 1 unspecified atom stereocenters. The Hall–Kier alpha value is -1.62. The number of carbonyl (C=O) groups is 1. The molecule has 5 nitrogen and oxygen atoms in total. The molecule has 5 heteroatoms. The Balaban J connectivity index is 1.42. The van der Waals surface area contributed by atoms with Crippen molar-refractivity contribution in [1.29, 1.82) is 0 Å². The molecule has 0 spiro atoms. The highest BCUT2D eigenvalue weighted by Gasteiger charge is 2.22. The number of rotatable bonds is 7. The zero-order valence-electron chi connectivity index (χ0n) is 13.8. The van der Waals surface area contributed by atoms with E-state index in [0.29, 0.717) is 0 Å². The SMILES string of the molecule is O=C(O)CCCN1CCC(CCc2ccc3c(n2)NCCC3)C1. The number of nitrogens with zero attached hydrogens (tertiary/aromatic N) is 2. The van der Waals surface area contributed by atoms with E-state index in [2.05, 4.69) is 22.3 Å². The number of carboxylic acid groups (broad SMARTS) is 1. The molecule has 3 rings (SSSR count). The summed E-state index contributed by atoms with van der Waals surface area (Å²) >= 11 is 0. The molecule has 0 radical (unpaired) electrons. The number of nitrogens with one attached hydrogen (secondary N) is 1. The largest absolute Gasteiger partial charge is 0.481 e. The van der Waals surface area contributed by atoms with Crippen LogP contribution in [0.25, 0.3) is 0 Å². The summed E-state index contributed by atoms with van der Waals surface area (Å²) in [6.45, 7) is 4.19. The van der Waals surface area contributed by atoms with Crippen LogP contribution in [0.5, 0.6) is 0 Å². The third-order valence-corrected chi connectivity index (χ3v) is 5.00. The maximum Gasteiger partial charge on any atom is 0.303 e. The Labute approximate surface area is 138 Å². The van der Waals surface area contributed by atoms with Crippen molar-refractivity contribution in [2.24, 2.45) is 5.92 Å². The van der Waals surface area contributed by atoms with Crippen molar-refractivity contribution < 1.29 is 9.90 Å². The molecule has 0 aliphatic carbocycles. The van der Waals surface area contributed by atoms with Crippen LogP contribution in [-0.2, 0) is 17.6 Å². The van der Waals surface area contributed by atoms with Crippen LogP contribution >= 0.6 is 0 Å². The van der Waals surface area contributed by atoms with Crippen LogP contribution in [0.1, 0.15) is 43.4 Å². The fourth-order valence-corrected chi connectivity index (χ4v) is 3.67. The minimum absolute atomic E-state index is 0.285. The number of fused-ring (bicyclic) bond motifs is 1. The van der Waals surface area contributed by atoms with Gasteiger partial charge in [-0.15, -0.1) is 0 Å². The molecule has 0 amide bonds. The molecule has 1 saturated heterocycles. The van der Waals surface area contributed by atoms with Gasteiger partial charge in [-0.05, 0) is 69.2 Å². The highest BCUT2D eigenvalue weighted by atomic mass is 16.4. The number of carboxylic acids is 1. The lowest BCUT2D eigenvalue weighted by molar-refractivity contribution is -0.137. The molecule has 126 valence electrons. The minimum Gasteiger partial charge on any atom is -0.481 e. The third-order valence-electron chi connectivity index (χ3n) is 5.00. The molecular formula is C18H27N3O2. The van der Waals surface area contributed by atoms with Gasteiger partial charge in [-0.25, -0.2) is 4.98 Å². The van der Waals surface area contributed by atoms with Gasteiger partial charge in [0.05, 0.1) is 0 Å². The van der Waals surface area contributed by atoms with Crippen LogP contribution in [0.3, 0.4) is 0 Å².